The molecule has 0 spiro atoms. The zero-order valence-electron chi connectivity index (χ0n) is 32.7. The average molecular weight is 734 g/mol. The van der Waals surface area contributed by atoms with Gasteiger partial charge in [0.05, 0.1) is 15.8 Å². The predicted octanol–water partition coefficient (Wildman–Crippen LogP) is 11.0. The maximum absolute atomic E-state index is 15.4. The van der Waals surface area contributed by atoms with E-state index in [9.17, 15) is 4.79 Å². The summed E-state index contributed by atoms with van der Waals surface area (Å²) in [4.78, 5) is 78.2. The van der Waals surface area contributed by atoms with E-state index in [1.54, 1.807) is 55.4 Å². The molecule has 0 bridgehead atoms. The Morgan fingerprint density at radius 2 is 0.596 bits per heavy atom. The van der Waals surface area contributed by atoms with Gasteiger partial charge in [0, 0.05) is 22.3 Å². The Balaban J connectivity index is 2.24. The van der Waals surface area contributed by atoms with Crippen LogP contribution in [0, 0.1) is 83.1 Å². The van der Waals surface area contributed by atoms with Gasteiger partial charge in [-0.05, 0) is 141 Å². The highest BCUT2D eigenvalue weighted by Crippen LogP contribution is 2.72. The van der Waals surface area contributed by atoms with E-state index in [1.807, 2.05) is 76.2 Å². The third-order valence-corrected chi connectivity index (χ3v) is 15.6. The normalized spacial score (nSPS) is 11.6. The van der Waals surface area contributed by atoms with Crippen molar-refractivity contribution in [2.75, 3.05) is 0 Å². The first kappa shape index (κ1) is 40.5. The van der Waals surface area contributed by atoms with Crippen molar-refractivity contribution in [2.45, 2.75) is 94.9 Å². The lowest BCUT2D eigenvalue weighted by atomic mass is 10.0. The van der Waals surface area contributed by atoms with Gasteiger partial charge in [0.15, 0.2) is 22.1 Å². The molecule has 270 valence electrons. The van der Waals surface area contributed by atoms with E-state index < -0.39 is 48.7 Å². The van der Waals surface area contributed by atoms with Crippen LogP contribution in [0.25, 0.3) is 0 Å². The monoisotopic (exact) mass is 733 g/mol. The lowest BCUT2D eigenvalue weighted by Gasteiger charge is -2.39. The number of carbonyl (C=O) groups is 5. The second-order valence-electron chi connectivity index (χ2n) is 14.5. The summed E-state index contributed by atoms with van der Waals surface area (Å²) < 4.78 is 0. The third-order valence-electron chi connectivity index (χ3n) is 9.80. The molecular weight excluding hydrogens is 684 g/mol. The molecule has 0 aliphatic rings. The summed E-state index contributed by atoms with van der Waals surface area (Å²) in [6.07, 6.45) is 0. The first-order valence-electron chi connectivity index (χ1n) is 17.3. The number of aryl methyl sites for hydroxylation is 12. The number of nitrogens with zero attached hydrogens (tertiary/aromatic N) is 1. The third kappa shape index (κ3) is 7.34. The minimum absolute atomic E-state index is 0.302. The van der Waals surface area contributed by atoms with E-state index in [0.29, 0.717) is 66.8 Å². The molecule has 4 aromatic carbocycles. The zero-order chi connectivity index (χ0) is 39.1. The Labute approximate surface area is 311 Å². The Morgan fingerprint density at radius 1 is 0.423 bits per heavy atom. The Morgan fingerprint density at radius 3 is 0.750 bits per heavy atom. The van der Waals surface area contributed by atoms with Crippen LogP contribution >= 0.6 is 15.8 Å². The lowest BCUT2D eigenvalue weighted by Crippen LogP contribution is -2.40. The molecule has 0 saturated heterocycles. The summed E-state index contributed by atoms with van der Waals surface area (Å²) in [5, 5.41) is 0. The molecule has 0 atom stereocenters. The van der Waals surface area contributed by atoms with Crippen LogP contribution in [-0.2, 0) is 4.79 Å². The molecule has 0 fully saturated rings. The summed E-state index contributed by atoms with van der Waals surface area (Å²) in [6, 6.07) is 14.9. The summed E-state index contributed by atoms with van der Waals surface area (Å²) in [7, 11) is -5.64. The van der Waals surface area contributed by atoms with E-state index in [4.69, 9.17) is 0 Å². The molecule has 8 heteroatoms. The maximum atomic E-state index is 15.4. The number of amides is 1. The number of rotatable bonds is 11. The van der Waals surface area contributed by atoms with Gasteiger partial charge in [-0.15, -0.1) is 0 Å². The van der Waals surface area contributed by atoms with Crippen molar-refractivity contribution in [3.8, 4) is 0 Å². The second kappa shape index (κ2) is 15.4. The number of hydrogen-bond acceptors (Lipinski definition) is 5. The number of benzene rings is 4. The topological polar surface area (TPSA) is 97.7 Å². The van der Waals surface area contributed by atoms with Gasteiger partial charge in [0.25, 0.3) is 5.91 Å². The predicted molar refractivity (Wildman–Crippen MR) is 217 cm³/mol. The summed E-state index contributed by atoms with van der Waals surface area (Å²) in [5.74, 6) is -0.928. The molecule has 0 aliphatic carbocycles. The maximum Gasteiger partial charge on any atom is 0.261 e. The van der Waals surface area contributed by atoms with Crippen molar-refractivity contribution in [1.29, 1.82) is 0 Å². The van der Waals surface area contributed by atoms with Crippen LogP contribution in [0.5, 0.6) is 0 Å². The smallest absolute Gasteiger partial charge is 0.261 e. The Hall–Kier alpha value is -4.24. The van der Waals surface area contributed by atoms with Gasteiger partial charge in [-0.2, -0.15) is 0 Å². The standard InChI is InChI=1S/C44H49NO5P2/c1-23-15-27(5)35(28(6)16-23)39(46)51(40(47)36-29(7)17-24(2)18-30(36)8)44(13,43(50)45-14)52(41(48)37-31(9)19-25(3)20-32(37)10)42(49)38-33(11)21-26(4)22-34(38)12/h15-22H,14H2,1-13H3. The molecule has 0 aromatic heterocycles. The quantitative estimate of drug-likeness (QED) is 0.113. The van der Waals surface area contributed by atoms with Gasteiger partial charge in [-0.1, -0.05) is 70.8 Å². The van der Waals surface area contributed by atoms with Crippen LogP contribution in [0.1, 0.15) is 115 Å². The van der Waals surface area contributed by atoms with Crippen molar-refractivity contribution in [2.24, 2.45) is 4.99 Å². The highest BCUT2D eigenvalue weighted by atomic mass is 31.2. The molecule has 0 saturated carbocycles. The van der Waals surface area contributed by atoms with Gasteiger partial charge in [-0.25, -0.2) is 4.99 Å². The fraction of sp³-hybridized carbons (Fsp3) is 0.318. The molecular formula is C44H49NO5P2. The van der Waals surface area contributed by atoms with Gasteiger partial charge < -0.3 is 0 Å². The van der Waals surface area contributed by atoms with E-state index in [-0.39, 0.29) is 0 Å². The second-order valence-corrected chi connectivity index (χ2v) is 19.6. The molecule has 0 aliphatic heterocycles. The zero-order valence-corrected chi connectivity index (χ0v) is 34.5. The van der Waals surface area contributed by atoms with Crippen LogP contribution in [0.3, 0.4) is 0 Å². The van der Waals surface area contributed by atoms with Crippen molar-refractivity contribution in [3.63, 3.8) is 0 Å². The highest BCUT2D eigenvalue weighted by molar-refractivity contribution is 8.07. The fourth-order valence-electron chi connectivity index (χ4n) is 7.93. The molecule has 0 radical (unpaired) electrons. The highest BCUT2D eigenvalue weighted by Gasteiger charge is 2.60. The van der Waals surface area contributed by atoms with E-state index in [0.717, 1.165) is 22.3 Å². The fourth-order valence-corrected chi connectivity index (χ4v) is 14.6. The minimum atomic E-state index is -2.82. The van der Waals surface area contributed by atoms with Crippen LogP contribution in [0.15, 0.2) is 53.5 Å². The Bertz CT molecular complexity index is 1840. The summed E-state index contributed by atoms with van der Waals surface area (Å²) >= 11 is 0. The molecule has 6 nitrogen and oxygen atoms in total. The molecule has 4 aromatic rings. The van der Waals surface area contributed by atoms with Crippen LogP contribution in [-0.4, -0.2) is 39.6 Å². The average Bonchev–Trinajstić information content (AvgIpc) is 2.98. The molecule has 52 heavy (non-hydrogen) atoms. The van der Waals surface area contributed by atoms with E-state index in [2.05, 4.69) is 11.7 Å². The van der Waals surface area contributed by atoms with Gasteiger partial charge >= 0.3 is 0 Å². The summed E-state index contributed by atoms with van der Waals surface area (Å²) in [6.45, 7) is 27.1. The van der Waals surface area contributed by atoms with Crippen molar-refractivity contribution in [1.82, 2.24) is 0 Å². The molecule has 0 heterocycles. The van der Waals surface area contributed by atoms with E-state index >= 15 is 19.2 Å². The Kier molecular flexibility index (Phi) is 12.0. The van der Waals surface area contributed by atoms with Gasteiger partial charge in [0.1, 0.15) is 4.90 Å². The summed E-state index contributed by atoms with van der Waals surface area (Å²) in [5.41, 5.74) is 7.75. The molecule has 0 N–H and O–H groups in total. The van der Waals surface area contributed by atoms with Crippen molar-refractivity contribution < 1.29 is 24.0 Å². The number of carbonyl (C=O) groups excluding carboxylic acids is 5. The van der Waals surface area contributed by atoms with Gasteiger partial charge in [-0.3, -0.25) is 24.0 Å². The first-order chi connectivity index (χ1) is 24.2. The SMILES string of the molecule is C=NC(=O)C(C)(P(C(=O)c1c(C)cc(C)cc1C)C(=O)c1c(C)cc(C)cc1C)P(C(=O)c1c(C)cc(C)cc1C)C(=O)c1c(C)cc(C)cc1C. The van der Waals surface area contributed by atoms with Crippen molar-refractivity contribution in [3.05, 3.63) is 138 Å². The van der Waals surface area contributed by atoms with Crippen LogP contribution in [0.4, 0.5) is 0 Å². The van der Waals surface area contributed by atoms with Crippen molar-refractivity contribution >= 4 is 50.6 Å². The number of hydrogen-bond donors (Lipinski definition) is 0. The first-order valence-corrected chi connectivity index (χ1v) is 20.0. The largest absolute Gasteiger partial charge is 0.288 e. The van der Waals surface area contributed by atoms with Crippen LogP contribution in [0.2, 0.25) is 0 Å². The molecule has 1 amide bonds. The molecule has 4 rings (SSSR count). The van der Waals surface area contributed by atoms with Crippen LogP contribution < -0.4 is 0 Å². The minimum Gasteiger partial charge on any atom is -0.288 e. The molecule has 0 unspecified atom stereocenters. The lowest BCUT2D eigenvalue weighted by molar-refractivity contribution is -0.117. The number of aliphatic imine (C=N–C) groups is 1. The van der Waals surface area contributed by atoms with Gasteiger partial charge in [0.2, 0.25) is 0 Å². The van der Waals surface area contributed by atoms with E-state index in [1.165, 1.54) is 6.92 Å².